The monoisotopic (exact) mass is 311 g/mol. The molecule has 1 atom stereocenters. The van der Waals surface area contributed by atoms with E-state index in [2.05, 4.69) is 4.98 Å². The van der Waals surface area contributed by atoms with Crippen molar-refractivity contribution in [2.45, 2.75) is 19.1 Å². The lowest BCUT2D eigenvalue weighted by Gasteiger charge is -2.12. The van der Waals surface area contributed by atoms with Crippen LogP contribution in [0.1, 0.15) is 6.42 Å². The molecule has 0 fully saturated rings. The molecule has 0 aliphatic rings. The number of ether oxygens (including phenoxy) is 1. The zero-order valence-corrected chi connectivity index (χ0v) is 11.8. The minimum absolute atomic E-state index is 0.0258. The number of aliphatic hydroxyl groups excluding tert-OH is 1. The Morgan fingerprint density at radius 1 is 1.43 bits per heavy atom. The number of aromatic nitrogens is 2. The second kappa shape index (κ2) is 7.05. The lowest BCUT2D eigenvalue weighted by Crippen LogP contribution is -2.19. The van der Waals surface area contributed by atoms with Crippen LogP contribution in [0.4, 0.5) is 5.82 Å². The number of aryl methyl sites for hydroxylation is 1. The molecule has 2 aromatic rings. The number of rotatable bonds is 7. The van der Waals surface area contributed by atoms with E-state index in [4.69, 9.17) is 16.3 Å². The van der Waals surface area contributed by atoms with E-state index in [1.807, 2.05) is 18.2 Å². The predicted octanol–water partition coefficient (Wildman–Crippen LogP) is 2.27. The first-order valence-electron chi connectivity index (χ1n) is 6.29. The summed E-state index contributed by atoms with van der Waals surface area (Å²) < 4.78 is 6.84. The van der Waals surface area contributed by atoms with E-state index in [1.165, 1.54) is 10.8 Å². The molecule has 0 bridgehead atoms. The summed E-state index contributed by atoms with van der Waals surface area (Å²) in [5.41, 5.74) is 0. The van der Waals surface area contributed by atoms with Gasteiger partial charge in [0.2, 0.25) is 0 Å². The van der Waals surface area contributed by atoms with E-state index in [0.717, 1.165) is 0 Å². The summed E-state index contributed by atoms with van der Waals surface area (Å²) in [6.07, 6.45) is 0.885. The first-order valence-corrected chi connectivity index (χ1v) is 6.67. The van der Waals surface area contributed by atoms with Crippen LogP contribution >= 0.6 is 11.6 Å². The third-order valence-electron chi connectivity index (χ3n) is 2.79. The van der Waals surface area contributed by atoms with Crippen molar-refractivity contribution in [1.29, 1.82) is 0 Å². The van der Waals surface area contributed by atoms with E-state index >= 15 is 0 Å². The SMILES string of the molecule is O=[N+]([O-])c1cn(CC[C@H](O)COc2ccccc2)c(Cl)n1. The molecule has 0 aliphatic heterocycles. The van der Waals surface area contributed by atoms with Crippen LogP contribution in [0.5, 0.6) is 5.75 Å². The molecule has 0 saturated carbocycles. The summed E-state index contributed by atoms with van der Waals surface area (Å²) in [6.45, 7) is 0.456. The highest BCUT2D eigenvalue weighted by Gasteiger charge is 2.17. The number of benzene rings is 1. The molecule has 1 aromatic heterocycles. The largest absolute Gasteiger partial charge is 0.491 e. The Labute approximate surface area is 125 Å². The van der Waals surface area contributed by atoms with Gasteiger partial charge in [-0.2, -0.15) is 0 Å². The van der Waals surface area contributed by atoms with Gasteiger partial charge in [-0.15, -0.1) is 0 Å². The predicted molar refractivity (Wildman–Crippen MR) is 76.5 cm³/mol. The second-order valence-electron chi connectivity index (χ2n) is 4.39. The molecule has 21 heavy (non-hydrogen) atoms. The van der Waals surface area contributed by atoms with Crippen LogP contribution in [0.25, 0.3) is 0 Å². The number of imidazole rings is 1. The first kappa shape index (κ1) is 15.3. The summed E-state index contributed by atoms with van der Waals surface area (Å²) in [6, 6.07) is 9.14. The molecule has 8 heteroatoms. The Morgan fingerprint density at radius 2 is 2.14 bits per heavy atom. The Balaban J connectivity index is 1.81. The quantitative estimate of drug-likeness (QED) is 0.625. The van der Waals surface area contributed by atoms with E-state index in [1.54, 1.807) is 12.1 Å². The molecule has 1 aromatic carbocycles. The number of nitro groups is 1. The number of hydrogen-bond acceptors (Lipinski definition) is 5. The Hall–Kier alpha value is -2.12. The third kappa shape index (κ3) is 4.44. The topological polar surface area (TPSA) is 90.4 Å². The van der Waals surface area contributed by atoms with Crippen LogP contribution in [0, 0.1) is 10.1 Å². The molecular weight excluding hydrogens is 298 g/mol. The maximum Gasteiger partial charge on any atom is 0.383 e. The highest BCUT2D eigenvalue weighted by molar-refractivity contribution is 6.28. The van der Waals surface area contributed by atoms with Gasteiger partial charge in [-0.3, -0.25) is 4.57 Å². The molecule has 2 rings (SSSR count). The van der Waals surface area contributed by atoms with Gasteiger partial charge in [0.25, 0.3) is 0 Å². The Morgan fingerprint density at radius 3 is 2.76 bits per heavy atom. The molecule has 0 unspecified atom stereocenters. The number of nitrogens with zero attached hydrogens (tertiary/aromatic N) is 3. The fraction of sp³-hybridized carbons (Fsp3) is 0.308. The number of halogens is 1. The summed E-state index contributed by atoms with van der Waals surface area (Å²) in [7, 11) is 0. The lowest BCUT2D eigenvalue weighted by atomic mass is 10.2. The molecule has 0 saturated heterocycles. The van der Waals surface area contributed by atoms with Gasteiger partial charge in [0.1, 0.15) is 18.6 Å². The molecule has 0 aliphatic carbocycles. The average molecular weight is 312 g/mol. The Kier molecular flexibility index (Phi) is 5.13. The van der Waals surface area contributed by atoms with Gasteiger partial charge in [0, 0.05) is 6.54 Å². The van der Waals surface area contributed by atoms with E-state index in [-0.39, 0.29) is 17.7 Å². The van der Waals surface area contributed by atoms with Crippen LogP contribution in [-0.2, 0) is 6.54 Å². The molecule has 112 valence electrons. The molecule has 0 radical (unpaired) electrons. The van der Waals surface area contributed by atoms with E-state index in [9.17, 15) is 15.2 Å². The zero-order valence-electron chi connectivity index (χ0n) is 11.1. The second-order valence-corrected chi connectivity index (χ2v) is 4.72. The number of para-hydroxylation sites is 1. The zero-order chi connectivity index (χ0) is 15.2. The smallest absolute Gasteiger partial charge is 0.383 e. The fourth-order valence-electron chi connectivity index (χ4n) is 1.71. The van der Waals surface area contributed by atoms with Crippen LogP contribution in [0.3, 0.4) is 0 Å². The van der Waals surface area contributed by atoms with Gasteiger partial charge < -0.3 is 20.0 Å². The van der Waals surface area contributed by atoms with Crippen molar-refractivity contribution in [1.82, 2.24) is 9.55 Å². The van der Waals surface area contributed by atoms with Crippen molar-refractivity contribution in [3.63, 3.8) is 0 Å². The van der Waals surface area contributed by atoms with Crippen molar-refractivity contribution < 1.29 is 14.8 Å². The van der Waals surface area contributed by atoms with Gasteiger partial charge in [-0.1, -0.05) is 18.2 Å². The van der Waals surface area contributed by atoms with Crippen LogP contribution < -0.4 is 4.74 Å². The summed E-state index contributed by atoms with van der Waals surface area (Å²) >= 11 is 5.78. The van der Waals surface area contributed by atoms with Crippen LogP contribution in [-0.4, -0.2) is 32.3 Å². The molecule has 1 heterocycles. The van der Waals surface area contributed by atoms with Crippen molar-refractivity contribution in [2.75, 3.05) is 6.61 Å². The highest BCUT2D eigenvalue weighted by Crippen LogP contribution is 2.16. The van der Waals surface area contributed by atoms with Crippen molar-refractivity contribution >= 4 is 17.4 Å². The Bertz CT molecular complexity index is 603. The fourth-order valence-corrected chi connectivity index (χ4v) is 1.93. The van der Waals surface area contributed by atoms with Gasteiger partial charge in [0.05, 0.1) is 6.10 Å². The molecule has 0 spiro atoms. The first-order chi connectivity index (χ1) is 10.1. The standard InChI is InChI=1S/C13H14ClN3O4/c14-13-15-12(17(19)20)8-16(13)7-6-10(18)9-21-11-4-2-1-3-5-11/h1-5,8,10,18H,6-7,9H2/t10-/m0/s1. The number of hydrogen-bond donors (Lipinski definition) is 1. The molecule has 1 N–H and O–H groups in total. The molecule has 0 amide bonds. The van der Waals surface area contributed by atoms with Crippen molar-refractivity contribution in [2.24, 2.45) is 0 Å². The number of aliphatic hydroxyl groups is 1. The lowest BCUT2D eigenvalue weighted by molar-refractivity contribution is -0.389. The van der Waals surface area contributed by atoms with Gasteiger partial charge in [-0.25, -0.2) is 0 Å². The maximum absolute atomic E-state index is 10.6. The van der Waals surface area contributed by atoms with Crippen LogP contribution in [0.2, 0.25) is 5.28 Å². The summed E-state index contributed by atoms with van der Waals surface area (Å²) in [4.78, 5) is 13.6. The normalized spacial score (nSPS) is 12.1. The van der Waals surface area contributed by atoms with Crippen molar-refractivity contribution in [3.05, 3.63) is 51.9 Å². The third-order valence-corrected chi connectivity index (χ3v) is 3.09. The molecular formula is C13H14ClN3O4. The average Bonchev–Trinajstić information content (AvgIpc) is 2.85. The van der Waals surface area contributed by atoms with Gasteiger partial charge in [-0.05, 0) is 40.1 Å². The maximum atomic E-state index is 10.6. The minimum Gasteiger partial charge on any atom is -0.491 e. The summed E-state index contributed by atoms with van der Waals surface area (Å²) in [5, 5.41) is 20.4. The van der Waals surface area contributed by atoms with Gasteiger partial charge >= 0.3 is 11.1 Å². The molecule has 7 nitrogen and oxygen atoms in total. The van der Waals surface area contributed by atoms with E-state index < -0.39 is 11.0 Å². The minimum atomic E-state index is -0.706. The van der Waals surface area contributed by atoms with Crippen molar-refractivity contribution in [3.8, 4) is 5.75 Å². The van der Waals surface area contributed by atoms with Crippen LogP contribution in [0.15, 0.2) is 36.5 Å². The van der Waals surface area contributed by atoms with Gasteiger partial charge in [0.15, 0.2) is 0 Å². The summed E-state index contributed by atoms with van der Waals surface area (Å²) in [5.74, 6) is 0.364. The van der Waals surface area contributed by atoms with E-state index in [0.29, 0.717) is 18.7 Å². The highest BCUT2D eigenvalue weighted by atomic mass is 35.5.